The molecule has 4 rings (SSSR count). The van der Waals surface area contributed by atoms with Crippen molar-refractivity contribution in [3.63, 3.8) is 0 Å². The summed E-state index contributed by atoms with van der Waals surface area (Å²) in [5.41, 5.74) is 4.83. The number of benzene rings is 1. The summed E-state index contributed by atoms with van der Waals surface area (Å²) in [5.74, 6) is -0.936. The Kier molecular flexibility index (Phi) is 3.65. The van der Waals surface area contributed by atoms with E-state index in [0.717, 1.165) is 45.7 Å². The smallest absolute Gasteiger partial charge is 0.328 e. The average molecular weight is 353 g/mol. The van der Waals surface area contributed by atoms with Crippen LogP contribution in [0.2, 0.25) is 0 Å². The number of anilines is 1. The minimum absolute atomic E-state index is 0.0557. The van der Waals surface area contributed by atoms with Crippen molar-refractivity contribution in [2.45, 2.75) is 13.3 Å². The molecule has 0 atom stereocenters. The van der Waals surface area contributed by atoms with Gasteiger partial charge >= 0.3 is 5.97 Å². The van der Waals surface area contributed by atoms with Crippen molar-refractivity contribution in [2.24, 2.45) is 0 Å². The summed E-state index contributed by atoms with van der Waals surface area (Å²) < 4.78 is 1.95. The van der Waals surface area contributed by atoms with E-state index in [1.54, 1.807) is 24.1 Å². The van der Waals surface area contributed by atoms with Crippen LogP contribution >= 0.6 is 11.3 Å². The van der Waals surface area contributed by atoms with E-state index < -0.39 is 5.97 Å². The zero-order chi connectivity index (χ0) is 17.6. The molecule has 0 aliphatic carbocycles. The zero-order valence-corrected chi connectivity index (χ0v) is 14.3. The number of hydrogen-bond acceptors (Lipinski definition) is 4. The fraction of sp³-hybridized carbons (Fsp3) is 0.167. The molecule has 0 unspecified atom stereocenters. The number of amides is 1. The van der Waals surface area contributed by atoms with Gasteiger partial charge in [-0.25, -0.2) is 9.78 Å². The largest absolute Gasteiger partial charge is 0.478 e. The van der Waals surface area contributed by atoms with E-state index in [1.165, 1.54) is 11.3 Å². The van der Waals surface area contributed by atoms with E-state index in [4.69, 9.17) is 5.11 Å². The van der Waals surface area contributed by atoms with Crippen LogP contribution < -0.4 is 4.90 Å². The number of imidazole rings is 1. The Morgan fingerprint density at radius 1 is 1.36 bits per heavy atom. The van der Waals surface area contributed by atoms with Gasteiger partial charge in [0.2, 0.25) is 5.91 Å². The normalized spacial score (nSPS) is 13.7. The molecule has 0 saturated carbocycles. The van der Waals surface area contributed by atoms with Crippen LogP contribution in [0.25, 0.3) is 22.3 Å². The summed E-state index contributed by atoms with van der Waals surface area (Å²) >= 11 is 1.51. The number of nitrogens with zero attached hydrogens (tertiary/aromatic N) is 3. The minimum Gasteiger partial charge on any atom is -0.478 e. The van der Waals surface area contributed by atoms with Gasteiger partial charge in [0.25, 0.3) is 0 Å². The van der Waals surface area contributed by atoms with Crippen LogP contribution in [0.5, 0.6) is 0 Å². The van der Waals surface area contributed by atoms with E-state index in [2.05, 4.69) is 11.1 Å². The van der Waals surface area contributed by atoms with E-state index in [1.807, 2.05) is 21.9 Å². The number of carboxylic acids is 1. The van der Waals surface area contributed by atoms with Gasteiger partial charge in [0.15, 0.2) is 4.96 Å². The molecule has 0 radical (unpaired) electrons. The molecule has 3 aromatic rings. The quantitative estimate of drug-likeness (QED) is 0.734. The van der Waals surface area contributed by atoms with Gasteiger partial charge in [-0.2, -0.15) is 0 Å². The number of rotatable bonds is 3. The maximum atomic E-state index is 11.7. The van der Waals surface area contributed by atoms with Gasteiger partial charge in [-0.1, -0.05) is 6.07 Å². The lowest BCUT2D eigenvalue weighted by Crippen LogP contribution is -2.25. The Morgan fingerprint density at radius 3 is 2.96 bits per heavy atom. The van der Waals surface area contributed by atoms with Gasteiger partial charge < -0.3 is 10.0 Å². The standard InChI is InChI=1S/C18H15N3O3S/c1-11(22)20-7-6-13-8-12(2-4-15(13)20)16-10-25-18-19-9-14(21(16)18)3-5-17(23)24/h2-5,8-10H,6-7H2,1H3,(H,23,24)/b5-3+. The molecule has 0 fully saturated rings. The van der Waals surface area contributed by atoms with Crippen LogP contribution in [-0.2, 0) is 16.0 Å². The monoisotopic (exact) mass is 353 g/mol. The summed E-state index contributed by atoms with van der Waals surface area (Å²) in [6, 6.07) is 6.07. The van der Waals surface area contributed by atoms with Crippen LogP contribution in [0, 0.1) is 0 Å². The number of aliphatic carboxylic acids is 1. The summed E-state index contributed by atoms with van der Waals surface area (Å²) in [5, 5.41) is 10.9. The third-order valence-electron chi connectivity index (χ3n) is 4.32. The van der Waals surface area contributed by atoms with Crippen molar-refractivity contribution < 1.29 is 14.7 Å². The van der Waals surface area contributed by atoms with Gasteiger partial charge in [-0.3, -0.25) is 9.20 Å². The highest BCUT2D eigenvalue weighted by molar-refractivity contribution is 7.15. The number of aromatic nitrogens is 2. The maximum Gasteiger partial charge on any atom is 0.328 e. The Balaban J connectivity index is 1.79. The molecule has 0 saturated heterocycles. The van der Waals surface area contributed by atoms with Crippen molar-refractivity contribution >= 4 is 39.9 Å². The average Bonchev–Trinajstić information content (AvgIpc) is 3.26. The minimum atomic E-state index is -0.992. The lowest BCUT2D eigenvalue weighted by Gasteiger charge is -2.14. The Bertz CT molecular complexity index is 1030. The summed E-state index contributed by atoms with van der Waals surface area (Å²) in [6.07, 6.45) is 5.16. The number of fused-ring (bicyclic) bond motifs is 2. The molecule has 0 bridgehead atoms. The molecule has 2 aromatic heterocycles. The third-order valence-corrected chi connectivity index (χ3v) is 5.16. The number of hydrogen-bond donors (Lipinski definition) is 1. The first-order valence-corrected chi connectivity index (χ1v) is 8.70. The van der Waals surface area contributed by atoms with E-state index in [0.29, 0.717) is 6.54 Å². The Morgan fingerprint density at radius 2 is 2.20 bits per heavy atom. The lowest BCUT2D eigenvalue weighted by molar-refractivity contribution is -0.131. The first-order valence-electron chi connectivity index (χ1n) is 7.82. The van der Waals surface area contributed by atoms with Gasteiger partial charge in [0, 0.05) is 30.6 Å². The van der Waals surface area contributed by atoms with Gasteiger partial charge in [0.1, 0.15) is 0 Å². The second-order valence-electron chi connectivity index (χ2n) is 5.86. The van der Waals surface area contributed by atoms with Crippen molar-refractivity contribution in [2.75, 3.05) is 11.4 Å². The predicted octanol–water partition coefficient (Wildman–Crippen LogP) is 3.07. The van der Waals surface area contributed by atoms with Gasteiger partial charge in [-0.15, -0.1) is 11.3 Å². The lowest BCUT2D eigenvalue weighted by atomic mass is 10.1. The highest BCUT2D eigenvalue weighted by Crippen LogP contribution is 2.34. The molecule has 126 valence electrons. The van der Waals surface area contributed by atoms with Crippen molar-refractivity contribution in [1.82, 2.24) is 9.38 Å². The molecule has 1 aliphatic heterocycles. The number of carbonyl (C=O) groups excluding carboxylic acids is 1. The number of carbonyl (C=O) groups is 2. The molecule has 0 spiro atoms. The molecule has 1 aromatic carbocycles. The van der Waals surface area contributed by atoms with Crippen molar-refractivity contribution in [3.05, 3.63) is 47.1 Å². The zero-order valence-electron chi connectivity index (χ0n) is 13.5. The topological polar surface area (TPSA) is 74.9 Å². The maximum absolute atomic E-state index is 11.7. The van der Waals surface area contributed by atoms with Crippen LogP contribution in [0.4, 0.5) is 5.69 Å². The molecule has 25 heavy (non-hydrogen) atoms. The van der Waals surface area contributed by atoms with E-state index in [-0.39, 0.29) is 5.91 Å². The van der Waals surface area contributed by atoms with Gasteiger partial charge in [-0.05, 0) is 35.8 Å². The van der Waals surface area contributed by atoms with Crippen LogP contribution in [0.1, 0.15) is 18.2 Å². The molecule has 3 heterocycles. The second kappa shape index (κ2) is 5.86. The Labute approximate surface area is 147 Å². The first-order chi connectivity index (χ1) is 12.0. The predicted molar refractivity (Wildman–Crippen MR) is 96.9 cm³/mol. The second-order valence-corrected chi connectivity index (χ2v) is 6.69. The molecule has 6 nitrogen and oxygen atoms in total. The van der Waals surface area contributed by atoms with Crippen LogP contribution in [-0.4, -0.2) is 32.9 Å². The van der Waals surface area contributed by atoms with Crippen LogP contribution in [0.15, 0.2) is 35.9 Å². The molecule has 1 aliphatic rings. The fourth-order valence-corrected chi connectivity index (χ4v) is 4.07. The SMILES string of the molecule is CC(=O)N1CCc2cc(-c3csc4ncc(/C=C/C(=O)O)n34)ccc21. The molecular weight excluding hydrogens is 338 g/mol. The van der Waals surface area contributed by atoms with Crippen molar-refractivity contribution in [3.8, 4) is 11.3 Å². The fourth-order valence-electron chi connectivity index (χ4n) is 3.19. The highest BCUT2D eigenvalue weighted by atomic mass is 32.1. The number of carboxylic acid groups (broad SMARTS) is 1. The number of thiazole rings is 1. The molecular formula is C18H15N3O3S. The summed E-state index contributed by atoms with van der Waals surface area (Å²) in [4.78, 5) is 29.4. The molecule has 7 heteroatoms. The van der Waals surface area contributed by atoms with Gasteiger partial charge in [0.05, 0.1) is 17.6 Å². The molecule has 1 N–H and O–H groups in total. The third kappa shape index (κ3) is 2.62. The Hall–Kier alpha value is -2.93. The van der Waals surface area contributed by atoms with Crippen LogP contribution in [0.3, 0.4) is 0 Å². The van der Waals surface area contributed by atoms with E-state index >= 15 is 0 Å². The summed E-state index contributed by atoms with van der Waals surface area (Å²) in [6.45, 7) is 2.29. The highest BCUT2D eigenvalue weighted by Gasteiger charge is 2.23. The first kappa shape index (κ1) is 15.6. The van der Waals surface area contributed by atoms with Crippen molar-refractivity contribution in [1.29, 1.82) is 0 Å². The molecule has 1 amide bonds. The summed E-state index contributed by atoms with van der Waals surface area (Å²) in [7, 11) is 0. The van der Waals surface area contributed by atoms with E-state index in [9.17, 15) is 9.59 Å².